The van der Waals surface area contributed by atoms with Gasteiger partial charge in [-0.05, 0) is 5.92 Å². The minimum absolute atomic E-state index is 0.0327. The van der Waals surface area contributed by atoms with E-state index < -0.39 is 5.91 Å². The number of fused-ring (bicyclic) bond motifs is 1. The summed E-state index contributed by atoms with van der Waals surface area (Å²) in [6.45, 7) is 4.22. The third-order valence-corrected chi connectivity index (χ3v) is 4.09. The summed E-state index contributed by atoms with van der Waals surface area (Å²) < 4.78 is 1.52. The number of aliphatic hydroxyl groups is 1. The Morgan fingerprint density at radius 3 is 3.00 bits per heavy atom. The van der Waals surface area contributed by atoms with E-state index in [4.69, 9.17) is 0 Å². The number of carbonyl (C=O) groups is 1. The molecule has 2 N–H and O–H groups in total. The number of hydrogen-bond donors (Lipinski definition) is 2. The molecule has 0 fully saturated rings. The molecule has 1 aromatic heterocycles. The maximum atomic E-state index is 12.1. The molecule has 1 atom stereocenters. The molecule has 0 aliphatic carbocycles. The van der Waals surface area contributed by atoms with Crippen LogP contribution in [-0.2, 0) is 6.54 Å². The number of rotatable bonds is 4. The van der Waals surface area contributed by atoms with Crippen molar-refractivity contribution >= 4 is 17.7 Å². The highest BCUT2D eigenvalue weighted by atomic mass is 32.2. The Morgan fingerprint density at radius 2 is 2.37 bits per heavy atom. The molecule has 2 rings (SSSR count). The fourth-order valence-electron chi connectivity index (χ4n) is 1.84. The van der Waals surface area contributed by atoms with Crippen molar-refractivity contribution in [1.29, 1.82) is 0 Å². The number of aliphatic hydroxyl groups excluding tert-OH is 1. The predicted molar refractivity (Wildman–Crippen MR) is 72.4 cm³/mol. The summed E-state index contributed by atoms with van der Waals surface area (Å²) in [7, 11) is 0. The van der Waals surface area contributed by atoms with Crippen LogP contribution in [0.5, 0.6) is 0 Å². The van der Waals surface area contributed by atoms with Crippen LogP contribution in [0.1, 0.15) is 24.2 Å². The van der Waals surface area contributed by atoms with Crippen LogP contribution < -0.4 is 10.9 Å². The van der Waals surface area contributed by atoms with E-state index in [9.17, 15) is 14.7 Å². The van der Waals surface area contributed by atoms with Crippen LogP contribution in [0.4, 0.5) is 0 Å². The van der Waals surface area contributed by atoms with Crippen molar-refractivity contribution in [2.75, 3.05) is 12.4 Å². The van der Waals surface area contributed by atoms with Crippen LogP contribution in [0, 0.1) is 5.92 Å². The van der Waals surface area contributed by atoms with E-state index in [1.165, 1.54) is 22.5 Å². The van der Waals surface area contributed by atoms with Gasteiger partial charge in [0, 0.05) is 18.5 Å². The van der Waals surface area contributed by atoms with Gasteiger partial charge in [-0.15, -0.1) is 0 Å². The third-order valence-electron chi connectivity index (χ3n) is 3.12. The van der Waals surface area contributed by atoms with Gasteiger partial charge in [0.2, 0.25) is 0 Å². The van der Waals surface area contributed by atoms with Crippen LogP contribution in [-0.4, -0.2) is 39.0 Å². The lowest BCUT2D eigenvalue weighted by atomic mass is 10.1. The van der Waals surface area contributed by atoms with Crippen LogP contribution in [0.25, 0.3) is 0 Å². The number of nitrogens with one attached hydrogen (secondary N) is 1. The Kier molecular flexibility index (Phi) is 4.26. The zero-order valence-corrected chi connectivity index (χ0v) is 11.7. The lowest BCUT2D eigenvalue weighted by Crippen LogP contribution is -2.43. The number of nitrogens with zero attached hydrogens (tertiary/aromatic N) is 2. The summed E-state index contributed by atoms with van der Waals surface area (Å²) in [5, 5.41) is 12.5. The molecule has 0 radical (unpaired) electrons. The van der Waals surface area contributed by atoms with Gasteiger partial charge in [-0.1, -0.05) is 25.6 Å². The second kappa shape index (κ2) is 5.75. The maximum absolute atomic E-state index is 12.1. The second-order valence-corrected chi connectivity index (χ2v) is 5.83. The van der Waals surface area contributed by atoms with Crippen LogP contribution in [0.15, 0.2) is 16.1 Å². The van der Waals surface area contributed by atoms with Gasteiger partial charge in [0.25, 0.3) is 11.5 Å². The molecule has 2 heterocycles. The van der Waals surface area contributed by atoms with E-state index in [0.717, 1.165) is 5.75 Å². The molecule has 0 aromatic carbocycles. The van der Waals surface area contributed by atoms with Gasteiger partial charge < -0.3 is 10.4 Å². The topological polar surface area (TPSA) is 84.2 Å². The standard InChI is InChI=1S/C12H17N3O3S/c1-7(2)9(6-16)14-10(17)8-5-13-12-15(11(8)18)3-4-19-12/h5,7,9,16H,3-4,6H2,1-2H3,(H,14,17). The average Bonchev–Trinajstić information content (AvgIpc) is 2.84. The summed E-state index contributed by atoms with van der Waals surface area (Å²) in [4.78, 5) is 28.3. The number of hydrogen-bond acceptors (Lipinski definition) is 5. The number of amides is 1. The average molecular weight is 283 g/mol. The summed E-state index contributed by atoms with van der Waals surface area (Å²) in [6.07, 6.45) is 1.32. The van der Waals surface area contributed by atoms with E-state index in [0.29, 0.717) is 11.7 Å². The highest BCUT2D eigenvalue weighted by Gasteiger charge is 2.22. The van der Waals surface area contributed by atoms with Gasteiger partial charge in [0.15, 0.2) is 5.16 Å². The lowest BCUT2D eigenvalue weighted by Gasteiger charge is -2.19. The molecule has 7 heteroatoms. The molecule has 1 unspecified atom stereocenters. The fraction of sp³-hybridized carbons (Fsp3) is 0.583. The molecule has 1 aliphatic heterocycles. The Labute approximate surface area is 115 Å². The van der Waals surface area contributed by atoms with Crippen molar-refractivity contribution in [2.45, 2.75) is 31.6 Å². The molecule has 0 saturated carbocycles. The van der Waals surface area contributed by atoms with E-state index >= 15 is 0 Å². The quantitative estimate of drug-likeness (QED) is 0.765. The maximum Gasteiger partial charge on any atom is 0.267 e. The third kappa shape index (κ3) is 2.82. The first kappa shape index (κ1) is 14.1. The first-order valence-electron chi connectivity index (χ1n) is 6.19. The monoisotopic (exact) mass is 283 g/mol. The largest absolute Gasteiger partial charge is 0.394 e. The molecular formula is C12H17N3O3S. The Morgan fingerprint density at radius 1 is 1.63 bits per heavy atom. The molecule has 0 bridgehead atoms. The lowest BCUT2D eigenvalue weighted by molar-refractivity contribution is 0.0894. The van der Waals surface area contributed by atoms with Crippen LogP contribution in [0.2, 0.25) is 0 Å². The zero-order valence-electron chi connectivity index (χ0n) is 10.9. The van der Waals surface area contributed by atoms with Crippen molar-refractivity contribution in [3.8, 4) is 0 Å². The summed E-state index contributed by atoms with van der Waals surface area (Å²) in [6, 6.07) is -0.362. The van der Waals surface area contributed by atoms with E-state index in [-0.39, 0.29) is 29.7 Å². The minimum atomic E-state index is -0.475. The number of thioether (sulfide) groups is 1. The molecule has 19 heavy (non-hydrogen) atoms. The minimum Gasteiger partial charge on any atom is -0.394 e. The number of aromatic nitrogens is 2. The van der Waals surface area contributed by atoms with Crippen molar-refractivity contribution in [3.63, 3.8) is 0 Å². The van der Waals surface area contributed by atoms with Gasteiger partial charge in [0.1, 0.15) is 5.56 Å². The number of carbonyl (C=O) groups excluding carboxylic acids is 1. The molecule has 1 amide bonds. The zero-order chi connectivity index (χ0) is 14.0. The smallest absolute Gasteiger partial charge is 0.267 e. The van der Waals surface area contributed by atoms with Gasteiger partial charge in [-0.25, -0.2) is 4.98 Å². The SMILES string of the molecule is CC(C)C(CO)NC(=O)c1cnc2n(c1=O)CCS2. The predicted octanol–water partition coefficient (Wildman–Crippen LogP) is 0.0957. The van der Waals surface area contributed by atoms with Crippen molar-refractivity contribution in [3.05, 3.63) is 22.1 Å². The van der Waals surface area contributed by atoms with E-state index in [2.05, 4.69) is 10.3 Å². The molecule has 1 aromatic rings. The Bertz CT molecular complexity index is 542. The highest BCUT2D eigenvalue weighted by molar-refractivity contribution is 7.99. The molecular weight excluding hydrogens is 266 g/mol. The highest BCUT2D eigenvalue weighted by Crippen LogP contribution is 2.20. The van der Waals surface area contributed by atoms with Crippen LogP contribution in [0.3, 0.4) is 0 Å². The Balaban J connectivity index is 2.23. The van der Waals surface area contributed by atoms with Gasteiger partial charge in [-0.3, -0.25) is 14.2 Å². The van der Waals surface area contributed by atoms with Gasteiger partial charge in [-0.2, -0.15) is 0 Å². The van der Waals surface area contributed by atoms with Crippen molar-refractivity contribution in [1.82, 2.24) is 14.9 Å². The summed E-state index contributed by atoms with van der Waals surface area (Å²) in [5.41, 5.74) is -0.279. The van der Waals surface area contributed by atoms with E-state index in [1.54, 1.807) is 0 Å². The summed E-state index contributed by atoms with van der Waals surface area (Å²) >= 11 is 1.51. The van der Waals surface area contributed by atoms with Gasteiger partial charge >= 0.3 is 0 Å². The molecule has 0 saturated heterocycles. The molecule has 104 valence electrons. The summed E-state index contributed by atoms with van der Waals surface area (Å²) in [5.74, 6) is 0.422. The second-order valence-electron chi connectivity index (χ2n) is 4.77. The van der Waals surface area contributed by atoms with Crippen molar-refractivity contribution < 1.29 is 9.90 Å². The molecule has 1 aliphatic rings. The van der Waals surface area contributed by atoms with E-state index in [1.807, 2.05) is 13.8 Å². The normalized spacial score (nSPS) is 15.4. The fourth-order valence-corrected chi connectivity index (χ4v) is 2.76. The van der Waals surface area contributed by atoms with Crippen LogP contribution >= 0.6 is 11.8 Å². The first-order chi connectivity index (χ1) is 9.04. The van der Waals surface area contributed by atoms with Gasteiger partial charge in [0.05, 0.1) is 12.6 Å². The molecule has 0 spiro atoms. The molecule has 6 nitrogen and oxygen atoms in total. The Hall–Kier alpha value is -1.34. The first-order valence-corrected chi connectivity index (χ1v) is 7.17. The van der Waals surface area contributed by atoms with Crippen molar-refractivity contribution in [2.24, 2.45) is 5.92 Å².